The van der Waals surface area contributed by atoms with E-state index in [1.807, 2.05) is 6.92 Å². The molecule has 0 aliphatic heterocycles. The average molecular weight is 410 g/mol. The molecule has 0 aliphatic carbocycles. The van der Waals surface area contributed by atoms with Crippen molar-refractivity contribution in [3.8, 4) is 11.8 Å². The van der Waals surface area contributed by atoms with E-state index in [4.69, 9.17) is 21.1 Å². The number of methoxy groups -OCH3 is 1. The number of carbonyl (C=O) groups is 1. The minimum absolute atomic E-state index is 0.0529. The highest BCUT2D eigenvalue weighted by Crippen LogP contribution is 2.19. The molecular formula is C18H32ClNO5S. The Bertz CT molecular complexity index is 568. The van der Waals surface area contributed by atoms with Crippen molar-refractivity contribution >= 4 is 27.6 Å². The minimum Gasteiger partial charge on any atom is -0.468 e. The highest BCUT2D eigenvalue weighted by atomic mass is 35.5. The Morgan fingerprint density at radius 2 is 1.88 bits per heavy atom. The molecular weight excluding hydrogens is 378 g/mol. The van der Waals surface area contributed by atoms with Crippen molar-refractivity contribution in [2.75, 3.05) is 31.9 Å². The number of carbonyl (C=O) groups excluding carboxylic acids is 1. The molecule has 0 radical (unpaired) electrons. The van der Waals surface area contributed by atoms with Gasteiger partial charge in [-0.2, -0.15) is 4.31 Å². The van der Waals surface area contributed by atoms with Gasteiger partial charge in [0.15, 0.2) is 0 Å². The molecule has 0 aromatic carbocycles. The summed E-state index contributed by atoms with van der Waals surface area (Å²) in [6, 6.07) is -0.846. The van der Waals surface area contributed by atoms with Gasteiger partial charge in [0.25, 0.3) is 0 Å². The van der Waals surface area contributed by atoms with Gasteiger partial charge in [-0.3, -0.25) is 4.79 Å². The van der Waals surface area contributed by atoms with Gasteiger partial charge < -0.3 is 9.47 Å². The number of halogens is 1. The maximum Gasteiger partial charge on any atom is 0.324 e. The quantitative estimate of drug-likeness (QED) is 0.265. The molecule has 0 saturated carbocycles. The number of esters is 1. The number of nitrogens with zero attached hydrogens (tertiary/aromatic N) is 1. The summed E-state index contributed by atoms with van der Waals surface area (Å²) >= 11 is 5.73. The van der Waals surface area contributed by atoms with Crippen LogP contribution in [0.3, 0.4) is 0 Å². The van der Waals surface area contributed by atoms with Crippen LogP contribution in [0.1, 0.15) is 47.0 Å². The Hall–Kier alpha value is -0.810. The molecule has 0 fully saturated rings. The maximum atomic E-state index is 12.9. The summed E-state index contributed by atoms with van der Waals surface area (Å²) in [7, 11) is -2.36. The fraction of sp³-hybridized carbons (Fsp3) is 0.833. The molecule has 8 heteroatoms. The summed E-state index contributed by atoms with van der Waals surface area (Å²) in [6.07, 6.45) is 1.42. The lowest BCUT2D eigenvalue weighted by Gasteiger charge is -2.31. The van der Waals surface area contributed by atoms with Crippen molar-refractivity contribution in [3.05, 3.63) is 0 Å². The Labute approximate surface area is 163 Å². The molecule has 0 saturated heterocycles. The van der Waals surface area contributed by atoms with Gasteiger partial charge in [-0.1, -0.05) is 19.8 Å². The van der Waals surface area contributed by atoms with Crippen LogP contribution in [-0.4, -0.2) is 62.7 Å². The van der Waals surface area contributed by atoms with Gasteiger partial charge in [0.05, 0.1) is 19.0 Å². The topological polar surface area (TPSA) is 72.9 Å². The van der Waals surface area contributed by atoms with Crippen LogP contribution >= 0.6 is 11.6 Å². The first-order chi connectivity index (χ1) is 12.2. The molecule has 0 aromatic heterocycles. The van der Waals surface area contributed by atoms with Crippen molar-refractivity contribution < 1.29 is 22.7 Å². The molecule has 0 heterocycles. The number of alkyl halides is 1. The van der Waals surface area contributed by atoms with Crippen LogP contribution < -0.4 is 0 Å². The van der Waals surface area contributed by atoms with E-state index < -0.39 is 22.0 Å². The van der Waals surface area contributed by atoms with Crippen LogP contribution in [0, 0.1) is 17.8 Å². The molecule has 152 valence electrons. The highest BCUT2D eigenvalue weighted by molar-refractivity contribution is 7.89. The highest BCUT2D eigenvalue weighted by Gasteiger charge is 2.37. The van der Waals surface area contributed by atoms with E-state index in [1.165, 1.54) is 11.4 Å². The number of hydrogen-bond donors (Lipinski definition) is 0. The zero-order chi connectivity index (χ0) is 20.2. The van der Waals surface area contributed by atoms with E-state index in [0.29, 0.717) is 31.7 Å². The summed E-state index contributed by atoms with van der Waals surface area (Å²) in [5.41, 5.74) is 0. The van der Waals surface area contributed by atoms with Crippen molar-refractivity contribution in [1.82, 2.24) is 4.31 Å². The normalized spacial score (nSPS) is 14.0. The van der Waals surface area contributed by atoms with E-state index in [2.05, 4.69) is 11.8 Å². The van der Waals surface area contributed by atoms with Crippen LogP contribution in [0.2, 0.25) is 0 Å². The molecule has 6 nitrogen and oxygen atoms in total. The summed E-state index contributed by atoms with van der Waals surface area (Å²) in [6.45, 7) is 7.76. The monoisotopic (exact) mass is 409 g/mol. The lowest BCUT2D eigenvalue weighted by Crippen LogP contribution is -2.49. The number of ether oxygens (including phenoxy) is 2. The average Bonchev–Trinajstić information content (AvgIpc) is 2.57. The lowest BCUT2D eigenvalue weighted by atomic mass is 10.0. The molecule has 0 amide bonds. The van der Waals surface area contributed by atoms with Gasteiger partial charge in [-0.15, -0.1) is 17.5 Å². The number of rotatable bonds is 13. The van der Waals surface area contributed by atoms with Gasteiger partial charge in [0.1, 0.15) is 12.6 Å². The van der Waals surface area contributed by atoms with Gasteiger partial charge >= 0.3 is 5.97 Å². The first kappa shape index (κ1) is 25.2. The molecule has 2 unspecified atom stereocenters. The molecule has 0 spiro atoms. The molecule has 0 rings (SSSR count). The second kappa shape index (κ2) is 13.4. The fourth-order valence-electron chi connectivity index (χ4n) is 2.52. The van der Waals surface area contributed by atoms with Crippen LogP contribution in [0.15, 0.2) is 0 Å². The zero-order valence-electron chi connectivity index (χ0n) is 16.5. The smallest absolute Gasteiger partial charge is 0.324 e. The molecule has 0 aromatic rings. The SMILES string of the molecule is CC#CCOC(C)CCCS(=O)(=O)N(CCCCl)C(C(=O)OC)C(C)C. The third-order valence-electron chi connectivity index (χ3n) is 3.88. The third-order valence-corrected chi connectivity index (χ3v) is 6.08. The van der Waals surface area contributed by atoms with E-state index in [-0.39, 0.29) is 24.3 Å². The standard InChI is InChI=1S/C18H32ClNO5S/c1-6-7-13-25-16(4)10-8-14-26(22,23)20(12-9-11-19)17(15(2)3)18(21)24-5/h15-17H,8-14H2,1-5H3. The van der Waals surface area contributed by atoms with Crippen LogP contribution in [-0.2, 0) is 24.3 Å². The second-order valence-electron chi connectivity index (χ2n) is 6.37. The van der Waals surface area contributed by atoms with Gasteiger partial charge in [-0.05, 0) is 39.0 Å². The molecule has 0 aliphatic rings. The zero-order valence-corrected chi connectivity index (χ0v) is 18.0. The number of hydrogen-bond acceptors (Lipinski definition) is 5. The molecule has 26 heavy (non-hydrogen) atoms. The molecule has 0 N–H and O–H groups in total. The third kappa shape index (κ3) is 9.22. The first-order valence-electron chi connectivity index (χ1n) is 8.85. The summed E-state index contributed by atoms with van der Waals surface area (Å²) in [4.78, 5) is 12.1. The van der Waals surface area contributed by atoms with Crippen LogP contribution in [0.5, 0.6) is 0 Å². The van der Waals surface area contributed by atoms with Crippen molar-refractivity contribution in [1.29, 1.82) is 0 Å². The summed E-state index contributed by atoms with van der Waals surface area (Å²) in [5, 5.41) is 0. The van der Waals surface area contributed by atoms with E-state index >= 15 is 0 Å². The Kier molecular flexibility index (Phi) is 13.0. The van der Waals surface area contributed by atoms with Crippen molar-refractivity contribution in [3.63, 3.8) is 0 Å². The first-order valence-corrected chi connectivity index (χ1v) is 11.0. The van der Waals surface area contributed by atoms with Crippen LogP contribution in [0.4, 0.5) is 0 Å². The molecule has 2 atom stereocenters. The van der Waals surface area contributed by atoms with Gasteiger partial charge in [-0.25, -0.2) is 8.42 Å². The second-order valence-corrected chi connectivity index (χ2v) is 8.79. The summed E-state index contributed by atoms with van der Waals surface area (Å²) < 4.78 is 37.3. The minimum atomic E-state index is -3.62. The van der Waals surface area contributed by atoms with Crippen molar-refractivity contribution in [2.24, 2.45) is 5.92 Å². The van der Waals surface area contributed by atoms with Gasteiger partial charge in [0.2, 0.25) is 10.0 Å². The van der Waals surface area contributed by atoms with Crippen molar-refractivity contribution in [2.45, 2.75) is 59.1 Å². The van der Waals surface area contributed by atoms with E-state index in [9.17, 15) is 13.2 Å². The fourth-order valence-corrected chi connectivity index (χ4v) is 4.49. The largest absolute Gasteiger partial charge is 0.468 e. The van der Waals surface area contributed by atoms with Gasteiger partial charge in [0, 0.05) is 12.4 Å². The predicted molar refractivity (Wildman–Crippen MR) is 105 cm³/mol. The Morgan fingerprint density at radius 3 is 2.38 bits per heavy atom. The Balaban J connectivity index is 5.03. The number of sulfonamides is 1. The van der Waals surface area contributed by atoms with E-state index in [0.717, 1.165) is 0 Å². The van der Waals surface area contributed by atoms with E-state index in [1.54, 1.807) is 20.8 Å². The summed E-state index contributed by atoms with van der Waals surface area (Å²) in [5.74, 6) is 5.07. The Morgan fingerprint density at radius 1 is 1.23 bits per heavy atom. The van der Waals surface area contributed by atoms with Crippen LogP contribution in [0.25, 0.3) is 0 Å². The molecule has 0 bridgehead atoms. The lowest BCUT2D eigenvalue weighted by molar-refractivity contribution is -0.146. The predicted octanol–water partition coefficient (Wildman–Crippen LogP) is 2.65. The maximum absolute atomic E-state index is 12.9.